The Balaban J connectivity index is 3.92. The van der Waals surface area contributed by atoms with Gasteiger partial charge in [-0.3, -0.25) is 10.1 Å². The van der Waals surface area contributed by atoms with Gasteiger partial charge in [-0.25, -0.2) is 0 Å². The van der Waals surface area contributed by atoms with Crippen molar-refractivity contribution in [2.45, 2.75) is 58.0 Å². The van der Waals surface area contributed by atoms with Crippen LogP contribution >= 0.6 is 0 Å². The normalized spacial score (nSPS) is 14.8. The number of methoxy groups -OCH3 is 1. The first kappa shape index (κ1) is 19.4. The maximum atomic E-state index is 11.4. The van der Waals surface area contributed by atoms with Crippen LogP contribution in [0, 0.1) is 0 Å². The third kappa shape index (κ3) is 8.51. The molecular formula is C15H32N2O3. The summed E-state index contributed by atoms with van der Waals surface area (Å²) in [6.07, 6.45) is 3.63. The van der Waals surface area contributed by atoms with Crippen molar-refractivity contribution in [3.63, 3.8) is 0 Å². The van der Waals surface area contributed by atoms with E-state index in [0.717, 1.165) is 39.0 Å². The first-order chi connectivity index (χ1) is 9.31. The highest BCUT2D eigenvalue weighted by atomic mass is 16.5. The molecule has 0 saturated carbocycles. The van der Waals surface area contributed by atoms with E-state index < -0.39 is 11.5 Å². The minimum atomic E-state index is -0.817. The molecule has 0 fully saturated rings. The predicted molar refractivity (Wildman–Crippen MR) is 82.2 cm³/mol. The summed E-state index contributed by atoms with van der Waals surface area (Å²) in [4.78, 5) is 13.6. The zero-order chi connectivity index (χ0) is 15.6. The molecule has 0 aliphatic rings. The molecule has 0 aromatic heterocycles. The van der Waals surface area contributed by atoms with Gasteiger partial charge in [0, 0.05) is 26.3 Å². The molecule has 0 amide bonds. The molecule has 0 aliphatic heterocycles. The Labute approximate surface area is 123 Å². The third-order valence-electron chi connectivity index (χ3n) is 3.43. The van der Waals surface area contributed by atoms with E-state index in [9.17, 15) is 9.90 Å². The highest BCUT2D eigenvalue weighted by molar-refractivity contribution is 5.78. The van der Waals surface area contributed by atoms with Crippen LogP contribution in [-0.2, 0) is 9.53 Å². The van der Waals surface area contributed by atoms with Crippen LogP contribution in [0.1, 0.15) is 46.5 Å². The summed E-state index contributed by atoms with van der Waals surface area (Å²) in [5.74, 6) is -0.764. The van der Waals surface area contributed by atoms with Crippen LogP contribution in [-0.4, -0.2) is 61.4 Å². The molecule has 5 nitrogen and oxygen atoms in total. The van der Waals surface area contributed by atoms with Gasteiger partial charge in [0.1, 0.15) is 5.54 Å². The molecule has 0 aromatic carbocycles. The monoisotopic (exact) mass is 288 g/mol. The molecule has 20 heavy (non-hydrogen) atoms. The quantitative estimate of drug-likeness (QED) is 0.538. The second kappa shape index (κ2) is 10.1. The molecule has 2 N–H and O–H groups in total. The molecule has 1 unspecified atom stereocenters. The number of rotatable bonds is 12. The Hall–Kier alpha value is -0.650. The topological polar surface area (TPSA) is 61.8 Å². The SMILES string of the molecule is COCCCN(C)CCCCC(C)(NC(C)C)C(=O)O. The van der Waals surface area contributed by atoms with Crippen LogP contribution in [0.25, 0.3) is 0 Å². The van der Waals surface area contributed by atoms with E-state index in [1.807, 2.05) is 13.8 Å². The van der Waals surface area contributed by atoms with Crippen LogP contribution < -0.4 is 5.32 Å². The number of hydrogen-bond acceptors (Lipinski definition) is 4. The Bertz CT molecular complexity index is 272. The number of hydrogen-bond donors (Lipinski definition) is 2. The van der Waals surface area contributed by atoms with Crippen LogP contribution in [0.3, 0.4) is 0 Å². The Morgan fingerprint density at radius 3 is 2.40 bits per heavy atom. The number of nitrogens with zero attached hydrogens (tertiary/aromatic N) is 1. The molecule has 0 rings (SSSR count). The fourth-order valence-electron chi connectivity index (χ4n) is 2.33. The average molecular weight is 288 g/mol. The lowest BCUT2D eigenvalue weighted by Crippen LogP contribution is -2.52. The molecule has 0 aliphatic carbocycles. The fraction of sp³-hybridized carbons (Fsp3) is 0.933. The van der Waals surface area contributed by atoms with Crippen molar-refractivity contribution in [2.24, 2.45) is 0 Å². The van der Waals surface area contributed by atoms with Gasteiger partial charge in [-0.05, 0) is 60.0 Å². The smallest absolute Gasteiger partial charge is 0.323 e. The largest absolute Gasteiger partial charge is 0.480 e. The van der Waals surface area contributed by atoms with E-state index in [0.29, 0.717) is 6.42 Å². The molecule has 0 bridgehead atoms. The number of unbranched alkanes of at least 4 members (excludes halogenated alkanes) is 1. The highest BCUT2D eigenvalue weighted by Gasteiger charge is 2.32. The van der Waals surface area contributed by atoms with Crippen LogP contribution in [0.15, 0.2) is 0 Å². The first-order valence-corrected chi connectivity index (χ1v) is 7.50. The molecule has 0 aromatic rings. The summed E-state index contributed by atoms with van der Waals surface area (Å²) in [6, 6.07) is 0.174. The van der Waals surface area contributed by atoms with Gasteiger partial charge in [0.05, 0.1) is 0 Å². The van der Waals surface area contributed by atoms with Gasteiger partial charge >= 0.3 is 5.97 Å². The second-order valence-corrected chi connectivity index (χ2v) is 6.04. The van der Waals surface area contributed by atoms with Crippen LogP contribution in [0.4, 0.5) is 0 Å². The van der Waals surface area contributed by atoms with Crippen molar-refractivity contribution in [2.75, 3.05) is 33.9 Å². The van der Waals surface area contributed by atoms with Crippen molar-refractivity contribution in [1.82, 2.24) is 10.2 Å². The Morgan fingerprint density at radius 2 is 1.90 bits per heavy atom. The minimum absolute atomic E-state index is 0.174. The summed E-state index contributed by atoms with van der Waals surface area (Å²) in [5.41, 5.74) is -0.817. The summed E-state index contributed by atoms with van der Waals surface area (Å²) >= 11 is 0. The summed E-state index contributed by atoms with van der Waals surface area (Å²) in [6.45, 7) is 8.54. The van der Waals surface area contributed by atoms with Gasteiger partial charge in [0.15, 0.2) is 0 Å². The lowest BCUT2D eigenvalue weighted by Gasteiger charge is -2.29. The maximum Gasteiger partial charge on any atom is 0.323 e. The van der Waals surface area contributed by atoms with Crippen molar-refractivity contribution < 1.29 is 14.6 Å². The van der Waals surface area contributed by atoms with Crippen molar-refractivity contribution >= 4 is 5.97 Å². The summed E-state index contributed by atoms with van der Waals surface area (Å²) < 4.78 is 5.03. The highest BCUT2D eigenvalue weighted by Crippen LogP contribution is 2.15. The van der Waals surface area contributed by atoms with E-state index in [2.05, 4.69) is 17.3 Å². The number of carboxylic acids is 1. The van der Waals surface area contributed by atoms with Gasteiger partial charge in [0.25, 0.3) is 0 Å². The third-order valence-corrected chi connectivity index (χ3v) is 3.43. The Morgan fingerprint density at radius 1 is 1.30 bits per heavy atom. The van der Waals surface area contributed by atoms with E-state index in [1.165, 1.54) is 0 Å². The molecule has 1 atom stereocenters. The molecule has 0 saturated heterocycles. The lowest BCUT2D eigenvalue weighted by molar-refractivity contribution is -0.144. The van der Waals surface area contributed by atoms with E-state index in [4.69, 9.17) is 4.74 Å². The van der Waals surface area contributed by atoms with E-state index >= 15 is 0 Å². The standard InChI is InChI=1S/C15H32N2O3/c1-13(2)16-15(3,14(18)19)9-6-7-10-17(4)11-8-12-20-5/h13,16H,6-12H2,1-5H3,(H,18,19). The summed E-state index contributed by atoms with van der Waals surface area (Å²) in [7, 11) is 3.81. The van der Waals surface area contributed by atoms with Crippen molar-refractivity contribution in [1.29, 1.82) is 0 Å². The van der Waals surface area contributed by atoms with Crippen LogP contribution in [0.2, 0.25) is 0 Å². The fourth-order valence-corrected chi connectivity index (χ4v) is 2.33. The second-order valence-electron chi connectivity index (χ2n) is 6.04. The Kier molecular flexibility index (Phi) is 9.80. The number of ether oxygens (including phenoxy) is 1. The van der Waals surface area contributed by atoms with Crippen molar-refractivity contribution in [3.8, 4) is 0 Å². The van der Waals surface area contributed by atoms with E-state index in [-0.39, 0.29) is 6.04 Å². The molecule has 0 spiro atoms. The molecule has 5 heteroatoms. The summed E-state index contributed by atoms with van der Waals surface area (Å²) in [5, 5.41) is 12.5. The number of carboxylic acid groups (broad SMARTS) is 1. The molecule has 0 radical (unpaired) electrons. The van der Waals surface area contributed by atoms with Crippen LogP contribution in [0.5, 0.6) is 0 Å². The van der Waals surface area contributed by atoms with Gasteiger partial charge in [-0.2, -0.15) is 0 Å². The first-order valence-electron chi connectivity index (χ1n) is 7.50. The number of aliphatic carboxylic acids is 1. The minimum Gasteiger partial charge on any atom is -0.480 e. The van der Waals surface area contributed by atoms with Crippen molar-refractivity contribution in [3.05, 3.63) is 0 Å². The van der Waals surface area contributed by atoms with Gasteiger partial charge in [-0.15, -0.1) is 0 Å². The van der Waals surface area contributed by atoms with Gasteiger partial charge < -0.3 is 14.7 Å². The molecule has 120 valence electrons. The lowest BCUT2D eigenvalue weighted by atomic mass is 9.94. The number of carbonyl (C=O) groups is 1. The number of nitrogens with one attached hydrogen (secondary N) is 1. The average Bonchev–Trinajstić information content (AvgIpc) is 2.34. The zero-order valence-corrected chi connectivity index (χ0v) is 13.7. The van der Waals surface area contributed by atoms with Gasteiger partial charge in [0.2, 0.25) is 0 Å². The molecule has 0 heterocycles. The zero-order valence-electron chi connectivity index (χ0n) is 13.7. The molecular weight excluding hydrogens is 256 g/mol. The maximum absolute atomic E-state index is 11.4. The van der Waals surface area contributed by atoms with Gasteiger partial charge in [-0.1, -0.05) is 0 Å². The van der Waals surface area contributed by atoms with E-state index in [1.54, 1.807) is 14.0 Å². The predicted octanol–water partition coefficient (Wildman–Crippen LogP) is 1.97.